The number of nitrogens with zero attached hydrogens (tertiary/aromatic N) is 2. The second-order valence-electron chi connectivity index (χ2n) is 4.85. The van der Waals surface area contributed by atoms with Crippen LogP contribution in [0.15, 0.2) is 60.9 Å². The third-order valence-electron chi connectivity index (χ3n) is 3.33. The van der Waals surface area contributed by atoms with Gasteiger partial charge < -0.3 is 5.32 Å². The Bertz CT molecular complexity index is 735. The van der Waals surface area contributed by atoms with Crippen LogP contribution in [0.3, 0.4) is 0 Å². The van der Waals surface area contributed by atoms with Gasteiger partial charge in [0, 0.05) is 28.9 Å². The molecule has 3 nitrogen and oxygen atoms in total. The fourth-order valence-corrected chi connectivity index (χ4v) is 2.60. The van der Waals surface area contributed by atoms with Gasteiger partial charge in [-0.05, 0) is 30.8 Å². The Kier molecular flexibility index (Phi) is 4.04. The number of aromatic nitrogens is 2. The van der Waals surface area contributed by atoms with Gasteiger partial charge in [0.1, 0.15) is 0 Å². The van der Waals surface area contributed by atoms with Gasteiger partial charge in [-0.2, -0.15) is 5.10 Å². The van der Waals surface area contributed by atoms with E-state index in [0.717, 1.165) is 28.4 Å². The average molecular weight is 298 g/mol. The first-order valence-corrected chi connectivity index (χ1v) is 7.19. The monoisotopic (exact) mass is 297 g/mol. The Labute approximate surface area is 129 Å². The van der Waals surface area contributed by atoms with E-state index in [9.17, 15) is 0 Å². The van der Waals surface area contributed by atoms with Crippen LogP contribution in [0, 0.1) is 0 Å². The Morgan fingerprint density at radius 1 is 1.14 bits per heavy atom. The van der Waals surface area contributed by atoms with E-state index in [1.165, 1.54) is 5.56 Å². The topological polar surface area (TPSA) is 29.9 Å². The molecule has 4 heteroatoms. The molecule has 0 atom stereocenters. The number of rotatable bonds is 4. The molecule has 0 unspecified atom stereocenters. The molecule has 0 aliphatic rings. The lowest BCUT2D eigenvalue weighted by molar-refractivity contribution is 0.818. The lowest BCUT2D eigenvalue weighted by atomic mass is 10.1. The Balaban J connectivity index is 1.93. The summed E-state index contributed by atoms with van der Waals surface area (Å²) in [5, 5.41) is 8.28. The molecule has 0 aliphatic carbocycles. The van der Waals surface area contributed by atoms with Crippen molar-refractivity contribution in [3.05, 3.63) is 71.5 Å². The molecule has 0 amide bonds. The minimum Gasteiger partial charge on any atom is -0.316 e. The maximum absolute atomic E-state index is 6.39. The molecule has 0 radical (unpaired) electrons. The smallest absolute Gasteiger partial charge is 0.0645 e. The summed E-state index contributed by atoms with van der Waals surface area (Å²) in [6.07, 6.45) is 3.83. The zero-order valence-corrected chi connectivity index (χ0v) is 12.5. The molecular weight excluding hydrogens is 282 g/mol. The summed E-state index contributed by atoms with van der Waals surface area (Å²) in [6, 6.07) is 16.1. The number of halogens is 1. The number of hydrogen-bond acceptors (Lipinski definition) is 2. The van der Waals surface area contributed by atoms with E-state index in [0.29, 0.717) is 0 Å². The molecule has 2 aromatic carbocycles. The summed E-state index contributed by atoms with van der Waals surface area (Å²) in [6.45, 7) is 0.809. The van der Waals surface area contributed by atoms with Crippen molar-refractivity contribution in [2.24, 2.45) is 0 Å². The van der Waals surface area contributed by atoms with Crippen molar-refractivity contribution in [1.29, 1.82) is 0 Å². The van der Waals surface area contributed by atoms with E-state index < -0.39 is 0 Å². The highest BCUT2D eigenvalue weighted by molar-refractivity contribution is 6.33. The van der Waals surface area contributed by atoms with Crippen LogP contribution >= 0.6 is 11.6 Å². The molecule has 1 aromatic heterocycles. The first kappa shape index (κ1) is 13.9. The molecule has 1 heterocycles. The molecule has 1 N–H and O–H groups in total. The van der Waals surface area contributed by atoms with Crippen molar-refractivity contribution in [1.82, 2.24) is 15.1 Å². The predicted octanol–water partition coefficient (Wildman–Crippen LogP) is 3.91. The number of hydrogen-bond donors (Lipinski definition) is 1. The fourth-order valence-electron chi connectivity index (χ4n) is 2.29. The second-order valence-corrected chi connectivity index (χ2v) is 5.26. The first-order chi connectivity index (χ1) is 10.3. The molecule has 3 aromatic rings. The predicted molar refractivity (Wildman–Crippen MR) is 86.8 cm³/mol. The maximum atomic E-state index is 6.39. The van der Waals surface area contributed by atoms with Crippen LogP contribution in [-0.2, 0) is 6.54 Å². The lowest BCUT2D eigenvalue weighted by Gasteiger charge is -2.05. The lowest BCUT2D eigenvalue weighted by Crippen LogP contribution is -2.04. The zero-order chi connectivity index (χ0) is 14.7. The first-order valence-electron chi connectivity index (χ1n) is 6.81. The van der Waals surface area contributed by atoms with Crippen LogP contribution in [0.5, 0.6) is 0 Å². The Morgan fingerprint density at radius 3 is 2.67 bits per heavy atom. The molecular formula is C17H16ClN3. The Hall–Kier alpha value is -2.10. The van der Waals surface area contributed by atoms with E-state index in [2.05, 4.69) is 16.5 Å². The second kappa shape index (κ2) is 6.12. The van der Waals surface area contributed by atoms with Gasteiger partial charge in [-0.3, -0.25) is 0 Å². The minimum absolute atomic E-state index is 0.746. The van der Waals surface area contributed by atoms with Gasteiger partial charge in [-0.15, -0.1) is 0 Å². The van der Waals surface area contributed by atoms with E-state index in [-0.39, 0.29) is 0 Å². The quantitative estimate of drug-likeness (QED) is 0.791. The molecule has 106 valence electrons. The van der Waals surface area contributed by atoms with Crippen molar-refractivity contribution in [3.63, 3.8) is 0 Å². The van der Waals surface area contributed by atoms with Crippen LogP contribution in [0.25, 0.3) is 16.8 Å². The zero-order valence-electron chi connectivity index (χ0n) is 11.8. The largest absolute Gasteiger partial charge is 0.316 e. The van der Waals surface area contributed by atoms with Gasteiger partial charge >= 0.3 is 0 Å². The van der Waals surface area contributed by atoms with Gasteiger partial charge in [-0.1, -0.05) is 41.9 Å². The third kappa shape index (κ3) is 2.99. The SMILES string of the molecule is CNCc1ccc(-c2cnn(-c3ccccc3)c2)c(Cl)c1. The maximum Gasteiger partial charge on any atom is 0.0645 e. The number of nitrogens with one attached hydrogen (secondary N) is 1. The van der Waals surface area contributed by atoms with Crippen molar-refractivity contribution in [2.75, 3.05) is 7.05 Å². The fraction of sp³-hybridized carbons (Fsp3) is 0.118. The van der Waals surface area contributed by atoms with Crippen molar-refractivity contribution in [2.45, 2.75) is 6.54 Å². The molecule has 0 saturated carbocycles. The minimum atomic E-state index is 0.746. The average Bonchev–Trinajstić information content (AvgIpc) is 2.98. The summed E-state index contributed by atoms with van der Waals surface area (Å²) in [7, 11) is 1.92. The highest BCUT2D eigenvalue weighted by Crippen LogP contribution is 2.29. The van der Waals surface area contributed by atoms with Crippen LogP contribution in [0.1, 0.15) is 5.56 Å². The van der Waals surface area contributed by atoms with Gasteiger partial charge in [0.2, 0.25) is 0 Å². The van der Waals surface area contributed by atoms with E-state index in [1.807, 2.05) is 66.6 Å². The van der Waals surface area contributed by atoms with E-state index in [1.54, 1.807) is 0 Å². The third-order valence-corrected chi connectivity index (χ3v) is 3.64. The molecule has 0 saturated heterocycles. The van der Waals surface area contributed by atoms with Crippen LogP contribution in [0.4, 0.5) is 0 Å². The van der Waals surface area contributed by atoms with Gasteiger partial charge in [0.25, 0.3) is 0 Å². The van der Waals surface area contributed by atoms with Crippen LogP contribution in [0.2, 0.25) is 5.02 Å². The van der Waals surface area contributed by atoms with Crippen molar-refractivity contribution in [3.8, 4) is 16.8 Å². The van der Waals surface area contributed by atoms with Crippen LogP contribution < -0.4 is 5.32 Å². The molecule has 0 bridgehead atoms. The molecule has 0 fully saturated rings. The van der Waals surface area contributed by atoms with E-state index in [4.69, 9.17) is 11.6 Å². The van der Waals surface area contributed by atoms with E-state index >= 15 is 0 Å². The van der Waals surface area contributed by atoms with Gasteiger partial charge in [0.15, 0.2) is 0 Å². The molecule has 0 aliphatic heterocycles. The van der Waals surface area contributed by atoms with Gasteiger partial charge in [-0.25, -0.2) is 4.68 Å². The normalized spacial score (nSPS) is 10.8. The van der Waals surface area contributed by atoms with Crippen molar-refractivity contribution < 1.29 is 0 Å². The molecule has 3 rings (SSSR count). The summed E-state index contributed by atoms with van der Waals surface area (Å²) < 4.78 is 1.85. The highest BCUT2D eigenvalue weighted by atomic mass is 35.5. The number of para-hydroxylation sites is 1. The van der Waals surface area contributed by atoms with Gasteiger partial charge in [0.05, 0.1) is 11.9 Å². The summed E-state index contributed by atoms with van der Waals surface area (Å²) in [5.74, 6) is 0. The summed E-state index contributed by atoms with van der Waals surface area (Å²) in [4.78, 5) is 0. The molecule has 0 spiro atoms. The van der Waals surface area contributed by atoms with Crippen molar-refractivity contribution >= 4 is 11.6 Å². The van der Waals surface area contributed by atoms with Crippen LogP contribution in [-0.4, -0.2) is 16.8 Å². The molecule has 21 heavy (non-hydrogen) atoms. The standard InChI is InChI=1S/C17H16ClN3/c1-19-10-13-7-8-16(17(18)9-13)14-11-20-21(12-14)15-5-3-2-4-6-15/h2-9,11-12,19H,10H2,1H3. The Morgan fingerprint density at radius 2 is 1.95 bits per heavy atom. The summed E-state index contributed by atoms with van der Waals surface area (Å²) in [5.41, 5.74) is 4.21. The summed E-state index contributed by atoms with van der Waals surface area (Å²) >= 11 is 6.39. The number of benzene rings is 2. The highest BCUT2D eigenvalue weighted by Gasteiger charge is 2.08.